The summed E-state index contributed by atoms with van der Waals surface area (Å²) in [5.74, 6) is -2.26. The van der Waals surface area contributed by atoms with E-state index >= 15 is 0 Å². The molecule has 51 heavy (non-hydrogen) atoms. The maximum absolute atomic E-state index is 14.1. The molecule has 6 aromatic rings. The van der Waals surface area contributed by atoms with Crippen molar-refractivity contribution in [2.75, 3.05) is 6.61 Å². The largest absolute Gasteiger partial charge is 0.545 e. The zero-order chi connectivity index (χ0) is 36.0. The summed E-state index contributed by atoms with van der Waals surface area (Å²) in [5.41, 5.74) is 8.13. The minimum atomic E-state index is -1.53. The quantitative estimate of drug-likeness (QED) is 0.166. The standard InChI is InChI=1S/C40H36N4O7/c1-4-50-20-32-43-33-34(26-15-9-10-16-31(26)42-37(33)41)44(32)21-40(2,3)51-39(49)30-18-23-12-6-8-14-25(23)28(36(30)46)19-27-24-13-7-5-11-22(24)17-29(35(27)45)38(47)48/h5-18,45-46H,4,19-21,41H2,1-3H3,(H,47,48)/q+1/p-1. The number of aromatic nitrogens is 2. The van der Waals surface area contributed by atoms with Gasteiger partial charge in [0.15, 0.2) is 11.4 Å². The number of imidazole rings is 1. The average molecular weight is 684 g/mol. The van der Waals surface area contributed by atoms with Gasteiger partial charge in [0.1, 0.15) is 35.1 Å². The van der Waals surface area contributed by atoms with Crippen LogP contribution in [0.25, 0.3) is 32.8 Å². The summed E-state index contributed by atoms with van der Waals surface area (Å²) < 4.78 is 13.8. The Balaban J connectivity index is 1.28. The van der Waals surface area contributed by atoms with E-state index in [1.165, 1.54) is 6.07 Å². The molecule has 5 aromatic carbocycles. The molecule has 1 radical (unpaired) electrons. The van der Waals surface area contributed by atoms with Crippen molar-refractivity contribution < 1.29 is 34.4 Å². The van der Waals surface area contributed by atoms with E-state index in [1.54, 1.807) is 68.4 Å². The van der Waals surface area contributed by atoms with E-state index < -0.39 is 23.3 Å². The lowest BCUT2D eigenvalue weighted by molar-refractivity contribution is -0.255. The van der Waals surface area contributed by atoms with Gasteiger partial charge in [-0.05, 0) is 71.6 Å². The highest BCUT2D eigenvalue weighted by atomic mass is 16.6. The number of carbonyl (C=O) groups excluding carboxylic acids is 2. The number of phenolic OH excluding ortho intramolecular Hbond substituents is 1. The van der Waals surface area contributed by atoms with E-state index in [9.17, 15) is 24.9 Å². The lowest BCUT2D eigenvalue weighted by atomic mass is 9.90. The van der Waals surface area contributed by atoms with Crippen molar-refractivity contribution in [3.8, 4) is 22.8 Å². The number of ether oxygens (including phenoxy) is 2. The van der Waals surface area contributed by atoms with Crippen molar-refractivity contribution >= 4 is 45.0 Å². The summed E-state index contributed by atoms with van der Waals surface area (Å²) in [7, 11) is 0. The van der Waals surface area contributed by atoms with Gasteiger partial charge in [0.2, 0.25) is 0 Å². The van der Waals surface area contributed by atoms with Crippen molar-refractivity contribution in [1.82, 2.24) is 14.5 Å². The lowest BCUT2D eigenvalue weighted by Crippen LogP contribution is -2.34. The number of benzene rings is 5. The van der Waals surface area contributed by atoms with Crippen LogP contribution in [0, 0.1) is 0 Å². The Bertz CT molecular complexity index is 2410. The summed E-state index contributed by atoms with van der Waals surface area (Å²) >= 11 is 0. The smallest absolute Gasteiger partial charge is 0.342 e. The maximum atomic E-state index is 14.1. The molecule has 257 valence electrons. The van der Waals surface area contributed by atoms with E-state index in [2.05, 4.69) is 4.99 Å². The molecule has 0 spiro atoms. The molecule has 1 aromatic heterocycles. The molecule has 7 rings (SSSR count). The first-order valence-electron chi connectivity index (χ1n) is 16.5. The summed E-state index contributed by atoms with van der Waals surface area (Å²) in [6, 6.07) is 24.7. The molecule has 0 unspecified atom stereocenters. The number of carboxylic acid groups (broad SMARTS) is 1. The molecule has 0 saturated carbocycles. The molecule has 0 bridgehead atoms. The fourth-order valence-corrected chi connectivity index (χ4v) is 6.77. The van der Waals surface area contributed by atoms with Crippen molar-refractivity contribution in [3.63, 3.8) is 0 Å². The Morgan fingerprint density at radius 2 is 1.49 bits per heavy atom. The number of aromatic carboxylic acids is 1. The van der Waals surface area contributed by atoms with Gasteiger partial charge in [0.05, 0.1) is 23.8 Å². The Kier molecular flexibility index (Phi) is 8.44. The van der Waals surface area contributed by atoms with Crippen molar-refractivity contribution in [2.24, 2.45) is 5.73 Å². The van der Waals surface area contributed by atoms with Gasteiger partial charge in [-0.15, -0.1) is 0 Å². The van der Waals surface area contributed by atoms with Crippen LogP contribution in [0.1, 0.15) is 64.1 Å². The number of hydrogen-bond acceptors (Lipinski definition) is 10. The number of hydrogen-bond donors (Lipinski definition) is 3. The van der Waals surface area contributed by atoms with Gasteiger partial charge in [-0.3, -0.25) is 5.73 Å². The SMILES string of the molecule is CCOCc1nc2c(n1CC(C)(C)OC(=O)c1cc3ccccc3c(Cc3c(O)c(C(=O)[O-])cc4ccccc34)c1O)-c1ccccc1[N+]=C2N. The summed E-state index contributed by atoms with van der Waals surface area (Å²) in [6.07, 6.45) is -0.0886. The average Bonchev–Trinajstić information content (AvgIpc) is 3.46. The summed E-state index contributed by atoms with van der Waals surface area (Å²) in [6.45, 7) is 6.24. The Labute approximate surface area is 293 Å². The van der Waals surface area contributed by atoms with Gasteiger partial charge in [0.25, 0.3) is 0 Å². The third-order valence-corrected chi connectivity index (χ3v) is 9.08. The summed E-state index contributed by atoms with van der Waals surface area (Å²) in [4.78, 5) is 35.3. The highest BCUT2D eigenvalue weighted by molar-refractivity contribution is 6.06. The van der Waals surface area contributed by atoms with Crippen LogP contribution in [-0.4, -0.2) is 49.7 Å². The number of amidine groups is 1. The van der Waals surface area contributed by atoms with Gasteiger partial charge in [-0.2, -0.15) is 0 Å². The normalized spacial score (nSPS) is 12.4. The predicted octanol–water partition coefficient (Wildman–Crippen LogP) is 5.08. The number of para-hydroxylation sites is 1. The molecule has 0 fully saturated rings. The van der Waals surface area contributed by atoms with Crippen LogP contribution in [-0.2, 0) is 29.0 Å². The number of aromatic hydroxyl groups is 2. The van der Waals surface area contributed by atoms with Gasteiger partial charge in [0, 0.05) is 29.7 Å². The van der Waals surface area contributed by atoms with Crippen molar-refractivity contribution in [1.29, 1.82) is 0 Å². The third-order valence-electron chi connectivity index (χ3n) is 9.08. The van der Waals surface area contributed by atoms with Crippen LogP contribution in [0.2, 0.25) is 0 Å². The van der Waals surface area contributed by atoms with E-state index in [4.69, 9.17) is 20.2 Å². The molecule has 0 atom stereocenters. The minimum absolute atomic E-state index is 0.0828. The molecule has 2 heterocycles. The molecule has 0 amide bonds. The topological polar surface area (TPSA) is 174 Å². The molecule has 1 aliphatic heterocycles. The van der Waals surface area contributed by atoms with E-state index in [-0.39, 0.29) is 47.8 Å². The first-order valence-corrected chi connectivity index (χ1v) is 16.5. The maximum Gasteiger partial charge on any atom is 0.342 e. The highest BCUT2D eigenvalue weighted by Gasteiger charge is 2.35. The molecule has 0 aliphatic carbocycles. The number of nitrogens with two attached hydrogens (primary N) is 1. The second-order valence-electron chi connectivity index (χ2n) is 13.0. The van der Waals surface area contributed by atoms with Gasteiger partial charge >= 0.3 is 11.8 Å². The fraction of sp³-hybridized carbons (Fsp3) is 0.200. The van der Waals surface area contributed by atoms with E-state index in [0.29, 0.717) is 50.9 Å². The Morgan fingerprint density at radius 1 is 0.902 bits per heavy atom. The first kappa shape index (κ1) is 33.3. The van der Waals surface area contributed by atoms with Crippen LogP contribution in [0.3, 0.4) is 0 Å². The van der Waals surface area contributed by atoms with E-state index in [1.807, 2.05) is 35.8 Å². The molecule has 4 N–H and O–H groups in total. The van der Waals surface area contributed by atoms with Crippen LogP contribution < -0.4 is 15.8 Å². The van der Waals surface area contributed by atoms with Crippen molar-refractivity contribution in [2.45, 2.75) is 45.9 Å². The first-order chi connectivity index (χ1) is 24.5. The number of carbonyl (C=O) groups is 2. The van der Waals surface area contributed by atoms with Crippen LogP contribution in [0.5, 0.6) is 11.5 Å². The molecule has 11 nitrogen and oxygen atoms in total. The van der Waals surface area contributed by atoms with Crippen LogP contribution >= 0.6 is 0 Å². The molecular weight excluding hydrogens is 648 g/mol. The van der Waals surface area contributed by atoms with Crippen molar-refractivity contribution in [3.05, 3.63) is 119 Å². The number of nitrogens with zero attached hydrogens (tertiary/aromatic N) is 3. The minimum Gasteiger partial charge on any atom is -0.545 e. The number of rotatable bonds is 10. The van der Waals surface area contributed by atoms with Crippen LogP contribution in [0.15, 0.2) is 84.9 Å². The van der Waals surface area contributed by atoms with Crippen LogP contribution in [0.4, 0.5) is 5.69 Å². The lowest BCUT2D eigenvalue weighted by Gasteiger charge is -2.28. The summed E-state index contributed by atoms with van der Waals surface area (Å²) in [5, 5.41) is 37.3. The monoisotopic (exact) mass is 683 g/mol. The van der Waals surface area contributed by atoms with E-state index in [0.717, 1.165) is 11.3 Å². The van der Waals surface area contributed by atoms with Gasteiger partial charge in [-0.25, -0.2) is 9.78 Å². The fourth-order valence-electron chi connectivity index (χ4n) is 6.77. The second kappa shape index (κ2) is 12.9. The molecule has 0 saturated heterocycles. The Hall–Kier alpha value is -6.20. The highest BCUT2D eigenvalue weighted by Crippen LogP contribution is 2.40. The predicted molar refractivity (Wildman–Crippen MR) is 191 cm³/mol. The Morgan fingerprint density at radius 3 is 2.14 bits per heavy atom. The number of fused-ring (bicyclic) bond motifs is 5. The second-order valence-corrected chi connectivity index (χ2v) is 13.0. The molecule has 1 aliphatic rings. The van der Waals surface area contributed by atoms with Gasteiger partial charge in [-0.1, -0.05) is 60.7 Å². The van der Waals surface area contributed by atoms with Gasteiger partial charge < -0.3 is 34.2 Å². The molecule has 11 heteroatoms. The zero-order valence-electron chi connectivity index (χ0n) is 28.3. The number of esters is 1. The number of carboxylic acids is 1. The molecular formula is C40H35N4O7. The zero-order valence-corrected chi connectivity index (χ0v) is 28.3. The third kappa shape index (κ3) is 6.01. The number of aliphatic imine (C=N–C) groups is 1. The number of phenols is 2.